The zero-order chi connectivity index (χ0) is 16.9. The summed E-state index contributed by atoms with van der Waals surface area (Å²) in [4.78, 5) is 34.2. The first-order valence-electron chi connectivity index (χ1n) is 7.45. The molecular formula is C15H23NO7. The fourth-order valence-corrected chi connectivity index (χ4v) is 1.68. The van der Waals surface area contributed by atoms with Gasteiger partial charge in [0.15, 0.2) is 5.78 Å². The smallest absolute Gasteiger partial charge is 0.253 e. The molecule has 0 aliphatic carbocycles. The molecule has 0 radical (unpaired) electrons. The van der Waals surface area contributed by atoms with Gasteiger partial charge in [0.2, 0.25) is 0 Å². The molecule has 8 heteroatoms. The molecule has 0 aromatic carbocycles. The minimum atomic E-state index is -0.306. The lowest BCUT2D eigenvalue weighted by atomic mass is 10.5. The zero-order valence-electron chi connectivity index (χ0n) is 13.3. The summed E-state index contributed by atoms with van der Waals surface area (Å²) in [7, 11) is 0. The van der Waals surface area contributed by atoms with E-state index >= 15 is 0 Å². The largest absolute Gasteiger partial charge is 0.377 e. The van der Waals surface area contributed by atoms with E-state index in [-0.39, 0.29) is 37.4 Å². The van der Waals surface area contributed by atoms with E-state index in [2.05, 4.69) is 0 Å². The van der Waals surface area contributed by atoms with Gasteiger partial charge in [-0.3, -0.25) is 19.3 Å². The van der Waals surface area contributed by atoms with Gasteiger partial charge in [-0.15, -0.1) is 0 Å². The van der Waals surface area contributed by atoms with E-state index in [0.717, 1.165) is 4.90 Å². The molecule has 1 aliphatic rings. The molecule has 0 fully saturated rings. The summed E-state index contributed by atoms with van der Waals surface area (Å²) < 4.78 is 20.8. The van der Waals surface area contributed by atoms with Gasteiger partial charge in [-0.05, 0) is 6.92 Å². The average molecular weight is 329 g/mol. The van der Waals surface area contributed by atoms with Gasteiger partial charge in [0.1, 0.15) is 6.61 Å². The lowest BCUT2D eigenvalue weighted by molar-refractivity contribution is -0.137. The Bertz CT molecular complexity index is 404. The number of carbonyl (C=O) groups is 3. The number of ketones is 1. The van der Waals surface area contributed by atoms with E-state index in [1.54, 1.807) is 0 Å². The van der Waals surface area contributed by atoms with Crippen molar-refractivity contribution in [3.05, 3.63) is 12.2 Å². The molecule has 0 saturated heterocycles. The number of ether oxygens (including phenoxy) is 4. The third kappa shape index (κ3) is 9.19. The van der Waals surface area contributed by atoms with Crippen LogP contribution in [0, 0.1) is 0 Å². The van der Waals surface area contributed by atoms with Crippen molar-refractivity contribution in [2.24, 2.45) is 0 Å². The third-order valence-corrected chi connectivity index (χ3v) is 2.78. The van der Waals surface area contributed by atoms with E-state index in [0.29, 0.717) is 39.6 Å². The summed E-state index contributed by atoms with van der Waals surface area (Å²) in [6.45, 7) is 4.56. The molecule has 1 aliphatic heterocycles. The van der Waals surface area contributed by atoms with Crippen LogP contribution in [-0.4, -0.2) is 81.9 Å². The normalized spacial score (nSPS) is 14.0. The van der Waals surface area contributed by atoms with Crippen LogP contribution in [0.15, 0.2) is 12.2 Å². The molecule has 0 saturated carbocycles. The van der Waals surface area contributed by atoms with Crippen molar-refractivity contribution in [1.82, 2.24) is 4.90 Å². The average Bonchev–Trinajstić information content (AvgIpc) is 2.83. The number of hydrogen-bond acceptors (Lipinski definition) is 7. The molecule has 0 aromatic heterocycles. The fraction of sp³-hybridized carbons (Fsp3) is 0.667. The van der Waals surface area contributed by atoms with Crippen LogP contribution in [0.3, 0.4) is 0 Å². The second-order valence-corrected chi connectivity index (χ2v) is 4.75. The number of imide groups is 1. The highest BCUT2D eigenvalue weighted by molar-refractivity contribution is 6.12. The van der Waals surface area contributed by atoms with Gasteiger partial charge in [0.25, 0.3) is 11.8 Å². The fourth-order valence-electron chi connectivity index (χ4n) is 1.68. The van der Waals surface area contributed by atoms with Crippen LogP contribution >= 0.6 is 0 Å². The Morgan fingerprint density at radius 3 is 1.74 bits per heavy atom. The van der Waals surface area contributed by atoms with Gasteiger partial charge in [-0.25, -0.2) is 0 Å². The lowest BCUT2D eigenvalue weighted by Crippen LogP contribution is -2.33. The molecule has 23 heavy (non-hydrogen) atoms. The number of carbonyl (C=O) groups excluding carboxylic acids is 3. The topological polar surface area (TPSA) is 91.4 Å². The molecule has 1 rings (SSSR count). The molecule has 0 N–H and O–H groups in total. The highest BCUT2D eigenvalue weighted by Gasteiger charge is 2.22. The quantitative estimate of drug-likeness (QED) is 0.315. The van der Waals surface area contributed by atoms with Gasteiger partial charge >= 0.3 is 0 Å². The van der Waals surface area contributed by atoms with Crippen LogP contribution in [0.1, 0.15) is 6.92 Å². The van der Waals surface area contributed by atoms with Gasteiger partial charge < -0.3 is 18.9 Å². The van der Waals surface area contributed by atoms with Crippen molar-refractivity contribution in [2.45, 2.75) is 6.92 Å². The van der Waals surface area contributed by atoms with Crippen molar-refractivity contribution < 1.29 is 33.3 Å². The van der Waals surface area contributed by atoms with Crippen LogP contribution in [0.25, 0.3) is 0 Å². The van der Waals surface area contributed by atoms with E-state index in [1.165, 1.54) is 19.1 Å². The molecule has 0 bridgehead atoms. The summed E-state index contributed by atoms with van der Waals surface area (Å²) in [5.41, 5.74) is 0. The highest BCUT2D eigenvalue weighted by atomic mass is 16.6. The Hall–Kier alpha value is -1.61. The van der Waals surface area contributed by atoms with Crippen LogP contribution in [0.4, 0.5) is 0 Å². The van der Waals surface area contributed by atoms with Gasteiger partial charge in [0.05, 0.1) is 52.8 Å². The summed E-state index contributed by atoms with van der Waals surface area (Å²) in [5.74, 6) is -0.623. The monoisotopic (exact) mass is 329 g/mol. The maximum atomic E-state index is 11.2. The molecule has 0 unspecified atom stereocenters. The summed E-state index contributed by atoms with van der Waals surface area (Å²) in [6, 6.07) is 0. The first-order chi connectivity index (χ1) is 11.1. The van der Waals surface area contributed by atoms with Gasteiger partial charge in [0, 0.05) is 12.2 Å². The summed E-state index contributed by atoms with van der Waals surface area (Å²) in [6.07, 6.45) is 2.49. The Morgan fingerprint density at radius 1 is 0.826 bits per heavy atom. The minimum absolute atomic E-state index is 0.0111. The molecule has 0 aromatic rings. The first-order valence-corrected chi connectivity index (χ1v) is 7.45. The lowest BCUT2D eigenvalue weighted by Gasteiger charge is -2.13. The van der Waals surface area contributed by atoms with Gasteiger partial charge in [-0.1, -0.05) is 0 Å². The van der Waals surface area contributed by atoms with Gasteiger partial charge in [-0.2, -0.15) is 0 Å². The SMILES string of the molecule is CC(=O)COCCOCCOCCOCCN1C(=O)C=CC1=O. The van der Waals surface area contributed by atoms with Crippen molar-refractivity contribution in [2.75, 3.05) is 59.4 Å². The number of nitrogens with zero attached hydrogens (tertiary/aromatic N) is 1. The summed E-state index contributed by atoms with van der Waals surface area (Å²) >= 11 is 0. The standard InChI is InChI=1S/C15H23NO7/c1-13(17)12-23-11-10-22-9-8-21-7-6-20-5-4-16-14(18)2-3-15(16)19/h2-3H,4-12H2,1H3. The minimum Gasteiger partial charge on any atom is -0.377 e. The second-order valence-electron chi connectivity index (χ2n) is 4.75. The predicted molar refractivity (Wildman–Crippen MR) is 79.8 cm³/mol. The van der Waals surface area contributed by atoms with Crippen molar-refractivity contribution >= 4 is 17.6 Å². The molecule has 8 nitrogen and oxygen atoms in total. The van der Waals surface area contributed by atoms with Crippen LogP contribution in [0.5, 0.6) is 0 Å². The number of rotatable bonds is 14. The van der Waals surface area contributed by atoms with Crippen molar-refractivity contribution in [3.8, 4) is 0 Å². The van der Waals surface area contributed by atoms with E-state index < -0.39 is 0 Å². The van der Waals surface area contributed by atoms with E-state index in [4.69, 9.17) is 18.9 Å². The second kappa shape index (κ2) is 11.9. The zero-order valence-corrected chi connectivity index (χ0v) is 13.3. The molecular weight excluding hydrogens is 306 g/mol. The first kappa shape index (κ1) is 19.4. The van der Waals surface area contributed by atoms with Crippen molar-refractivity contribution in [3.63, 3.8) is 0 Å². The maximum Gasteiger partial charge on any atom is 0.253 e. The summed E-state index contributed by atoms with van der Waals surface area (Å²) in [5, 5.41) is 0. The van der Waals surface area contributed by atoms with E-state index in [1.807, 2.05) is 0 Å². The van der Waals surface area contributed by atoms with Crippen LogP contribution in [0.2, 0.25) is 0 Å². The maximum absolute atomic E-state index is 11.2. The Morgan fingerprint density at radius 2 is 1.26 bits per heavy atom. The molecule has 130 valence electrons. The third-order valence-electron chi connectivity index (χ3n) is 2.78. The van der Waals surface area contributed by atoms with Crippen LogP contribution in [-0.2, 0) is 33.3 Å². The number of hydrogen-bond donors (Lipinski definition) is 0. The molecule has 2 amide bonds. The highest BCUT2D eigenvalue weighted by Crippen LogP contribution is 2.02. The van der Waals surface area contributed by atoms with Crippen molar-refractivity contribution in [1.29, 1.82) is 0 Å². The Balaban J connectivity index is 1.79. The molecule has 0 spiro atoms. The molecule has 1 heterocycles. The predicted octanol–water partition coefficient (Wildman–Crippen LogP) is -0.433. The Labute approximate surface area is 135 Å². The number of Topliss-reactive ketones (excluding diaryl/α,β-unsaturated/α-hetero) is 1. The number of amides is 2. The Kier molecular flexibility index (Phi) is 10.0. The molecule has 0 atom stereocenters. The van der Waals surface area contributed by atoms with E-state index in [9.17, 15) is 14.4 Å². The van der Waals surface area contributed by atoms with Crippen LogP contribution < -0.4 is 0 Å².